The number of hydrogen-bond acceptors (Lipinski definition) is 7. The first kappa shape index (κ1) is 21.9. The predicted molar refractivity (Wildman–Crippen MR) is 126 cm³/mol. The molecule has 0 saturated heterocycles. The van der Waals surface area contributed by atoms with E-state index in [1.807, 2.05) is 24.3 Å². The number of aromatic nitrogens is 2. The summed E-state index contributed by atoms with van der Waals surface area (Å²) in [4.78, 5) is 23.5. The van der Waals surface area contributed by atoms with Gasteiger partial charge in [0.2, 0.25) is 5.91 Å². The summed E-state index contributed by atoms with van der Waals surface area (Å²) in [5.74, 6) is -0.680. The molecule has 0 N–H and O–H groups in total. The van der Waals surface area contributed by atoms with E-state index in [4.69, 9.17) is 4.74 Å². The zero-order chi connectivity index (χ0) is 22.6. The van der Waals surface area contributed by atoms with E-state index in [0.717, 1.165) is 4.70 Å². The Kier molecular flexibility index (Phi) is 6.48. The van der Waals surface area contributed by atoms with Gasteiger partial charge < -0.3 is 4.74 Å². The third kappa shape index (κ3) is 5.30. The summed E-state index contributed by atoms with van der Waals surface area (Å²) >= 11 is 1.30. The van der Waals surface area contributed by atoms with Crippen LogP contribution in [0.25, 0.3) is 10.2 Å². The number of sulfone groups is 1. The summed E-state index contributed by atoms with van der Waals surface area (Å²) in [7, 11) is -2.09. The molecule has 4 rings (SSSR count). The van der Waals surface area contributed by atoms with Crippen molar-refractivity contribution in [3.8, 4) is 5.75 Å². The lowest BCUT2D eigenvalue weighted by Gasteiger charge is -2.19. The van der Waals surface area contributed by atoms with Gasteiger partial charge >= 0.3 is 0 Å². The molecule has 164 valence electrons. The van der Waals surface area contributed by atoms with Crippen LogP contribution in [0, 0.1) is 0 Å². The Balaban J connectivity index is 1.64. The molecule has 0 spiro atoms. The van der Waals surface area contributed by atoms with Crippen LogP contribution >= 0.6 is 11.3 Å². The Morgan fingerprint density at radius 2 is 1.84 bits per heavy atom. The van der Waals surface area contributed by atoms with Crippen molar-refractivity contribution in [3.05, 3.63) is 84.2 Å². The minimum atomic E-state index is -3.67. The Morgan fingerprint density at radius 1 is 1.06 bits per heavy atom. The largest absolute Gasteiger partial charge is 0.497 e. The number of amides is 1. The smallest absolute Gasteiger partial charge is 0.244 e. The van der Waals surface area contributed by atoms with Gasteiger partial charge in [-0.05, 0) is 35.9 Å². The maximum atomic E-state index is 13.2. The van der Waals surface area contributed by atoms with E-state index < -0.39 is 21.5 Å². The maximum absolute atomic E-state index is 13.2. The van der Waals surface area contributed by atoms with E-state index in [9.17, 15) is 13.2 Å². The minimum Gasteiger partial charge on any atom is -0.497 e. The van der Waals surface area contributed by atoms with Crippen LogP contribution in [0.1, 0.15) is 11.3 Å². The second-order valence-electron chi connectivity index (χ2n) is 7.15. The van der Waals surface area contributed by atoms with Crippen LogP contribution in [-0.4, -0.2) is 37.2 Å². The number of thiazole rings is 1. The van der Waals surface area contributed by atoms with E-state index in [0.29, 0.717) is 27.7 Å². The van der Waals surface area contributed by atoms with Crippen LogP contribution in [0.5, 0.6) is 5.75 Å². The predicted octanol–water partition coefficient (Wildman–Crippen LogP) is 3.85. The number of rotatable bonds is 8. The van der Waals surface area contributed by atoms with Crippen molar-refractivity contribution < 1.29 is 17.9 Å². The molecule has 0 saturated carbocycles. The van der Waals surface area contributed by atoms with Gasteiger partial charge in [0.25, 0.3) is 0 Å². The van der Waals surface area contributed by atoms with Crippen LogP contribution in [0.2, 0.25) is 0 Å². The fourth-order valence-electron chi connectivity index (χ4n) is 3.20. The topological polar surface area (TPSA) is 89.5 Å². The van der Waals surface area contributed by atoms with Gasteiger partial charge in [0.1, 0.15) is 11.5 Å². The van der Waals surface area contributed by atoms with Crippen LogP contribution < -0.4 is 9.64 Å². The molecule has 0 atom stereocenters. The molecule has 0 aliphatic rings. The molecule has 1 amide bonds. The molecule has 0 aliphatic carbocycles. The lowest BCUT2D eigenvalue weighted by Crippen LogP contribution is -2.36. The van der Waals surface area contributed by atoms with E-state index >= 15 is 0 Å². The Bertz CT molecular complexity index is 1320. The number of carbonyl (C=O) groups is 1. The Labute approximate surface area is 190 Å². The van der Waals surface area contributed by atoms with E-state index in [1.165, 1.54) is 16.2 Å². The van der Waals surface area contributed by atoms with Crippen molar-refractivity contribution in [2.45, 2.75) is 12.3 Å². The number of benzene rings is 2. The van der Waals surface area contributed by atoms with Crippen LogP contribution in [-0.2, 0) is 26.9 Å². The van der Waals surface area contributed by atoms with Gasteiger partial charge in [-0.15, -0.1) is 0 Å². The highest BCUT2D eigenvalue weighted by Crippen LogP contribution is 2.32. The van der Waals surface area contributed by atoms with Gasteiger partial charge in [-0.3, -0.25) is 14.7 Å². The van der Waals surface area contributed by atoms with Crippen molar-refractivity contribution in [1.29, 1.82) is 0 Å². The number of hydrogen-bond donors (Lipinski definition) is 0. The summed E-state index contributed by atoms with van der Waals surface area (Å²) in [6.07, 6.45) is 1.63. The molecule has 0 radical (unpaired) electrons. The van der Waals surface area contributed by atoms with Crippen LogP contribution in [0.15, 0.2) is 72.9 Å². The molecule has 2 aromatic carbocycles. The third-order valence-electron chi connectivity index (χ3n) is 4.74. The lowest BCUT2D eigenvalue weighted by atomic mass is 10.2. The zero-order valence-electron chi connectivity index (χ0n) is 17.3. The molecule has 9 heteroatoms. The highest BCUT2D eigenvalue weighted by molar-refractivity contribution is 7.91. The van der Waals surface area contributed by atoms with Gasteiger partial charge in [-0.1, -0.05) is 47.7 Å². The van der Waals surface area contributed by atoms with Gasteiger partial charge in [0.05, 0.1) is 35.3 Å². The maximum Gasteiger partial charge on any atom is 0.244 e. The summed E-state index contributed by atoms with van der Waals surface area (Å²) in [5, 5.41) is 0.416. The van der Waals surface area contributed by atoms with Crippen molar-refractivity contribution in [2.75, 3.05) is 17.8 Å². The number of anilines is 1. The summed E-state index contributed by atoms with van der Waals surface area (Å²) in [6.45, 7) is 0.123. The second-order valence-corrected chi connectivity index (χ2v) is 10.2. The van der Waals surface area contributed by atoms with Gasteiger partial charge in [0, 0.05) is 6.20 Å². The fourth-order valence-corrected chi connectivity index (χ4v) is 5.54. The number of nitrogens with zero attached hydrogens (tertiary/aromatic N) is 3. The minimum absolute atomic E-state index is 0.123. The first-order valence-electron chi connectivity index (χ1n) is 9.83. The van der Waals surface area contributed by atoms with Gasteiger partial charge in [-0.2, -0.15) is 0 Å². The molecule has 32 heavy (non-hydrogen) atoms. The molecule has 0 aliphatic heterocycles. The normalized spacial score (nSPS) is 11.4. The summed E-state index contributed by atoms with van der Waals surface area (Å²) in [6, 6.07) is 19.7. The highest BCUT2D eigenvalue weighted by atomic mass is 32.2. The Hall–Kier alpha value is -3.30. The molecule has 0 unspecified atom stereocenters. The van der Waals surface area contributed by atoms with Crippen molar-refractivity contribution in [1.82, 2.24) is 9.97 Å². The average Bonchev–Trinajstić information content (AvgIpc) is 3.21. The molecule has 2 heterocycles. The molecule has 0 bridgehead atoms. The molecular formula is C23H21N3O4S2. The summed E-state index contributed by atoms with van der Waals surface area (Å²) in [5.41, 5.74) is 1.98. The zero-order valence-corrected chi connectivity index (χ0v) is 19.0. The van der Waals surface area contributed by atoms with Crippen molar-refractivity contribution >= 4 is 42.4 Å². The van der Waals surface area contributed by atoms with Crippen LogP contribution in [0.4, 0.5) is 5.13 Å². The second kappa shape index (κ2) is 9.46. The van der Waals surface area contributed by atoms with Gasteiger partial charge in [0.15, 0.2) is 15.0 Å². The molecule has 2 aromatic heterocycles. The fraction of sp³-hybridized carbons (Fsp3) is 0.174. The number of carbonyl (C=O) groups excluding carboxylic acids is 1. The average molecular weight is 468 g/mol. The third-order valence-corrected chi connectivity index (χ3v) is 7.24. The SMILES string of the molecule is COc1ccc2nc(N(Cc3ccccn3)C(=O)CS(=O)(=O)Cc3ccccc3)sc2c1. The first-order chi connectivity index (χ1) is 15.4. The van der Waals surface area contributed by atoms with Crippen molar-refractivity contribution in [3.63, 3.8) is 0 Å². The molecule has 0 fully saturated rings. The number of ether oxygens (including phenoxy) is 1. The molecular weight excluding hydrogens is 446 g/mol. The standard InChI is InChI=1S/C23H21N3O4S2/c1-30-19-10-11-20-21(13-19)31-23(25-20)26(14-18-9-5-6-12-24-18)22(27)16-32(28,29)15-17-7-3-2-4-8-17/h2-13H,14-16H2,1H3. The molecule has 4 aromatic rings. The van der Waals surface area contributed by atoms with Crippen molar-refractivity contribution in [2.24, 2.45) is 0 Å². The number of methoxy groups -OCH3 is 1. The van der Waals surface area contributed by atoms with E-state index in [1.54, 1.807) is 55.8 Å². The highest BCUT2D eigenvalue weighted by Gasteiger charge is 2.26. The Morgan fingerprint density at radius 3 is 2.56 bits per heavy atom. The lowest BCUT2D eigenvalue weighted by molar-refractivity contribution is -0.116. The molecule has 7 nitrogen and oxygen atoms in total. The van der Waals surface area contributed by atoms with Crippen LogP contribution in [0.3, 0.4) is 0 Å². The van der Waals surface area contributed by atoms with E-state index in [2.05, 4.69) is 9.97 Å². The summed E-state index contributed by atoms with van der Waals surface area (Å²) < 4.78 is 31.6. The van der Waals surface area contributed by atoms with Gasteiger partial charge in [-0.25, -0.2) is 13.4 Å². The monoisotopic (exact) mass is 467 g/mol. The van der Waals surface area contributed by atoms with E-state index in [-0.39, 0.29) is 12.3 Å². The number of pyridine rings is 1. The first-order valence-corrected chi connectivity index (χ1v) is 12.5. The quantitative estimate of drug-likeness (QED) is 0.391. The number of fused-ring (bicyclic) bond motifs is 1.